The molecule has 0 unspecified atom stereocenters. The minimum absolute atomic E-state index is 0.816. The van der Waals surface area contributed by atoms with Crippen LogP contribution in [-0.2, 0) is 0 Å². The van der Waals surface area contributed by atoms with Crippen molar-refractivity contribution in [3.05, 3.63) is 342 Å². The molecular weight excluding hydrogens is 1620 g/mol. The smallest absolute Gasteiger partial charge is 0.0376 e. The zero-order chi connectivity index (χ0) is 108. The molecule has 10 aliphatic rings. The van der Waals surface area contributed by atoms with Crippen molar-refractivity contribution in [3.63, 3.8) is 0 Å². The third-order valence-electron chi connectivity index (χ3n) is 20.5. The van der Waals surface area contributed by atoms with Gasteiger partial charge in [-0.2, -0.15) is 0 Å². The molecule has 135 heavy (non-hydrogen) atoms. The van der Waals surface area contributed by atoms with Crippen LogP contribution in [0, 0.1) is 0 Å². The molecule has 0 bridgehead atoms. The van der Waals surface area contributed by atoms with E-state index in [0.29, 0.717) is 0 Å². The highest BCUT2D eigenvalue weighted by molar-refractivity contribution is 5.87. The van der Waals surface area contributed by atoms with Gasteiger partial charge in [-0.25, -0.2) is 0 Å². The second-order valence-corrected chi connectivity index (χ2v) is 39.8. The number of rotatable bonds is 0. The van der Waals surface area contributed by atoms with Crippen LogP contribution in [0.3, 0.4) is 0 Å². The van der Waals surface area contributed by atoms with Crippen LogP contribution in [0.1, 0.15) is 502 Å². The molecule has 0 aromatic carbocycles. The lowest BCUT2D eigenvalue weighted by atomic mass is 9.82. The summed E-state index contributed by atoms with van der Waals surface area (Å²) in [5.41, 5.74) is 51.5. The maximum atomic E-state index is 4.14. The fourth-order valence-electron chi connectivity index (χ4n) is 14.9. The summed E-state index contributed by atoms with van der Waals surface area (Å²) in [5, 5.41) is 0. The average molecular weight is 1850 g/mol. The van der Waals surface area contributed by atoms with E-state index >= 15 is 0 Å². The molecule has 1 heterocycles. The molecule has 10 rings (SSSR count). The van der Waals surface area contributed by atoms with Crippen molar-refractivity contribution >= 4 is 6.21 Å². The van der Waals surface area contributed by atoms with Crippen LogP contribution < -0.4 is 0 Å². The first kappa shape index (κ1) is 147. The topological polar surface area (TPSA) is 12.4 Å². The number of nitrogens with zero attached hydrogens (tertiary/aromatic N) is 1. The van der Waals surface area contributed by atoms with Gasteiger partial charge in [0, 0.05) is 18.3 Å². The molecule has 9 saturated carbocycles. The third-order valence-corrected chi connectivity index (χ3v) is 20.5. The summed E-state index contributed by atoms with van der Waals surface area (Å²) in [6.07, 6.45) is 42.8. The van der Waals surface area contributed by atoms with Gasteiger partial charge in [-0.1, -0.05) is 422 Å². The van der Waals surface area contributed by atoms with Crippen molar-refractivity contribution < 1.29 is 0 Å². The van der Waals surface area contributed by atoms with Crippen molar-refractivity contribution in [2.75, 3.05) is 0 Å². The van der Waals surface area contributed by atoms with Crippen LogP contribution in [0.4, 0.5) is 0 Å². The van der Waals surface area contributed by atoms with E-state index in [9.17, 15) is 0 Å². The molecular formula is C134H229N. The lowest BCUT2D eigenvalue weighted by Gasteiger charge is -2.23. The molecule has 9 fully saturated rings. The van der Waals surface area contributed by atoms with Gasteiger partial charge in [0.2, 0.25) is 0 Å². The molecule has 0 N–H and O–H groups in total. The Morgan fingerprint density at radius 2 is 0.407 bits per heavy atom. The number of hydrogen-bond donors (Lipinski definition) is 0. The predicted molar refractivity (Wildman–Crippen MR) is 641 cm³/mol. The number of aliphatic imine (C=N–C) groups is 1. The standard InChI is InChI=1S/C12H16.3C11H16.C10H13N.3C10H14.C10H16.C9H14.10C3H8/c1-8(2)12-10(4)6-9(3)7-11(12)5;1-8(2)11-6-5-9(3)7-10(11)4;1-8(2)11-7-9(3)5-6-10(11)4;1-8(2)11-9(3)6-5-7-10(11)4;1-7(2)10-6-11-9(4)5-8(10)3;1-7(2)10-6-8(3)5-9(10)4;1-7(2)10-6-5-8(3)9(10)4;1-7(2)10-8(3)5-6-9(10)4;1-8(2)10-7-5-4-6-9(10)3;1-7(2)9-6-4-5-8(9)3;10*1-3-2/h3-7H2,1-2H3;3*3-7H2,1-2H3;6H,3-5H2,1-2H3;3*3-6H2,1-2H3;3-7H2,1-2H3;3-6H2,1-2H3;10*3H2,1-2H3. The van der Waals surface area contributed by atoms with E-state index in [4.69, 9.17) is 0 Å². The molecule has 0 saturated heterocycles. The van der Waals surface area contributed by atoms with Gasteiger partial charge in [0.05, 0.1) is 0 Å². The molecule has 1 nitrogen and oxygen atoms in total. The lowest BCUT2D eigenvalue weighted by Crippen LogP contribution is -2.04. The van der Waals surface area contributed by atoms with E-state index in [1.54, 1.807) is 0 Å². The largest absolute Gasteiger partial charge is 0.261 e. The molecule has 770 valence electrons. The molecule has 1 aliphatic heterocycles. The Bertz CT molecular complexity index is 3950. The lowest BCUT2D eigenvalue weighted by molar-refractivity contribution is 0.675. The van der Waals surface area contributed by atoms with Crippen molar-refractivity contribution in [1.29, 1.82) is 0 Å². The molecule has 0 aromatic heterocycles. The van der Waals surface area contributed by atoms with E-state index in [1.807, 2.05) is 6.21 Å². The normalized spacial score (nSPS) is 15.8. The Morgan fingerprint density at radius 1 is 0.185 bits per heavy atom. The minimum atomic E-state index is 0.816. The third kappa shape index (κ3) is 75.8. The summed E-state index contributed by atoms with van der Waals surface area (Å²) in [5.74, 6) is 0. The molecule has 1 heteroatoms. The van der Waals surface area contributed by atoms with Crippen LogP contribution >= 0.6 is 0 Å². The van der Waals surface area contributed by atoms with Gasteiger partial charge in [0.15, 0.2) is 0 Å². The molecule has 0 spiro atoms. The summed E-state index contributed by atoms with van der Waals surface area (Å²) in [4.78, 5) is 4.14. The van der Waals surface area contributed by atoms with E-state index < -0.39 is 0 Å². The zero-order valence-corrected chi connectivity index (χ0v) is 98.7. The Kier molecular flexibility index (Phi) is 101. The number of hydrogen-bond acceptors (Lipinski definition) is 1. The average Bonchev–Trinajstić information content (AvgIpc) is 1.52. The van der Waals surface area contributed by atoms with Crippen molar-refractivity contribution in [2.45, 2.75) is 502 Å². The SMILES string of the molecule is C=C1CC(=C)C(=C(C)C)C(=C)C1.C=C1CC(=C)C(=C(C)C)C1.C=C1CC(=C)C(=C(C)C)C=N1.C=C1CCC(=C(C)C)C(=C)C1.C=C1CCC(=C(C)C)C1=C.C=C1CCC(=C)C(=C(C)C)C1.C=C1CCC(=C)C1=C(C)C.C=C1CCCC(=C)C1=C(C)C.C=C1CCCC1=C(C)C.C=C1CCCCC1=C(C)C.CCC.CCC.CCC.CCC.CCC.CCC.CCC.CCC.CCC.CCC. The minimum Gasteiger partial charge on any atom is -0.261 e. The highest BCUT2D eigenvalue weighted by Crippen LogP contribution is 2.41. The van der Waals surface area contributed by atoms with Crippen molar-refractivity contribution in [1.82, 2.24) is 0 Å². The summed E-state index contributed by atoms with van der Waals surface area (Å²) < 4.78 is 0. The molecule has 0 atom stereocenters. The van der Waals surface area contributed by atoms with E-state index in [1.165, 1.54) is 322 Å². The summed E-state index contributed by atoms with van der Waals surface area (Å²) in [7, 11) is 0. The van der Waals surface area contributed by atoms with Gasteiger partial charge in [0.25, 0.3) is 0 Å². The van der Waals surface area contributed by atoms with E-state index in [-0.39, 0.29) is 0 Å². The monoisotopic (exact) mass is 1850 g/mol. The van der Waals surface area contributed by atoms with Crippen molar-refractivity contribution in [3.8, 4) is 0 Å². The Balaban J connectivity index is -0.000000156. The van der Waals surface area contributed by atoms with Gasteiger partial charge >= 0.3 is 0 Å². The quantitative estimate of drug-likeness (QED) is 0.214. The van der Waals surface area contributed by atoms with Crippen LogP contribution in [0.25, 0.3) is 0 Å². The first-order chi connectivity index (χ1) is 62.9. The van der Waals surface area contributed by atoms with Gasteiger partial charge in [-0.05, 0) is 410 Å². The predicted octanol–water partition coefficient (Wildman–Crippen LogP) is 47.9. The van der Waals surface area contributed by atoms with E-state index in [0.717, 1.165) is 120 Å². The molecule has 0 amide bonds. The molecule has 9 aliphatic carbocycles. The second-order valence-electron chi connectivity index (χ2n) is 39.8. The first-order valence-electron chi connectivity index (χ1n) is 53.0. The summed E-state index contributed by atoms with van der Waals surface area (Å²) in [6, 6.07) is 0. The molecule has 0 aromatic rings. The van der Waals surface area contributed by atoms with Gasteiger partial charge in [0.1, 0.15) is 0 Å². The maximum Gasteiger partial charge on any atom is 0.0376 e. The first-order valence-corrected chi connectivity index (χ1v) is 53.0. The fourth-order valence-corrected chi connectivity index (χ4v) is 14.9. The number of allylic oxidation sites excluding steroid dienone is 38. The maximum absolute atomic E-state index is 4.14. The van der Waals surface area contributed by atoms with Crippen LogP contribution in [-0.4, -0.2) is 6.21 Å². The Morgan fingerprint density at radius 3 is 0.652 bits per heavy atom. The summed E-state index contributed by atoms with van der Waals surface area (Å²) in [6.45, 7) is 161. The fraction of sp³-hybridized carbons (Fsp3) is 0.560. The Labute approximate surface area is 849 Å². The van der Waals surface area contributed by atoms with Crippen LogP contribution in [0.15, 0.2) is 347 Å². The Hall–Kier alpha value is -7.87. The van der Waals surface area contributed by atoms with Gasteiger partial charge in [-0.3, -0.25) is 4.99 Å². The highest BCUT2D eigenvalue weighted by atomic mass is 14.7. The highest BCUT2D eigenvalue weighted by Gasteiger charge is 2.21. The molecule has 0 radical (unpaired) electrons. The van der Waals surface area contributed by atoms with E-state index in [2.05, 4.69) is 407 Å². The van der Waals surface area contributed by atoms with Gasteiger partial charge < -0.3 is 0 Å². The zero-order valence-electron chi connectivity index (χ0n) is 98.7. The van der Waals surface area contributed by atoms with Crippen LogP contribution in [0.2, 0.25) is 0 Å². The second kappa shape index (κ2) is 92.5. The van der Waals surface area contributed by atoms with Crippen LogP contribution in [0.5, 0.6) is 0 Å². The van der Waals surface area contributed by atoms with Gasteiger partial charge in [-0.15, -0.1) is 0 Å². The summed E-state index contributed by atoms with van der Waals surface area (Å²) >= 11 is 0. The van der Waals surface area contributed by atoms with Crippen molar-refractivity contribution in [2.24, 2.45) is 4.99 Å².